The number of ketones is 1. The summed E-state index contributed by atoms with van der Waals surface area (Å²) in [7, 11) is -5.80. The van der Waals surface area contributed by atoms with Crippen LogP contribution in [0.1, 0.15) is 63.9 Å². The maximum atomic E-state index is 12.8. The predicted molar refractivity (Wildman–Crippen MR) is 132 cm³/mol. The molecule has 6 nitrogen and oxygen atoms in total. The molecule has 38 heavy (non-hydrogen) atoms. The van der Waals surface area contributed by atoms with E-state index >= 15 is 0 Å². The van der Waals surface area contributed by atoms with Gasteiger partial charge in [-0.3, -0.25) is 4.79 Å². The van der Waals surface area contributed by atoms with Crippen LogP contribution in [0.5, 0.6) is 5.75 Å². The molecule has 4 aliphatic rings. The van der Waals surface area contributed by atoms with Crippen LogP contribution < -0.4 is 4.18 Å². The molecule has 4 aliphatic carbocycles. The van der Waals surface area contributed by atoms with Crippen molar-refractivity contribution in [1.29, 1.82) is 0 Å². The lowest BCUT2D eigenvalue weighted by molar-refractivity contribution is -0.114. The minimum atomic E-state index is -5.80. The van der Waals surface area contributed by atoms with Crippen LogP contribution in [-0.4, -0.2) is 41.6 Å². The molecule has 1 aromatic carbocycles. The van der Waals surface area contributed by atoms with E-state index in [4.69, 9.17) is 0 Å². The molecule has 0 aromatic heterocycles. The van der Waals surface area contributed by atoms with E-state index in [-0.39, 0.29) is 23.5 Å². The molecular formula is C28H29F3O6S. The summed E-state index contributed by atoms with van der Waals surface area (Å²) in [6.45, 7) is 3.55. The van der Waals surface area contributed by atoms with E-state index in [0.717, 1.165) is 28.7 Å². The number of fused-ring (bicyclic) bond motifs is 4. The molecule has 0 spiro atoms. The van der Waals surface area contributed by atoms with Crippen molar-refractivity contribution in [2.75, 3.05) is 0 Å². The normalized spacial score (nSPS) is 34.9. The number of hydrogen-bond acceptors (Lipinski definition) is 6. The van der Waals surface area contributed by atoms with E-state index in [1.807, 2.05) is 6.92 Å². The zero-order chi connectivity index (χ0) is 27.7. The van der Waals surface area contributed by atoms with Crippen molar-refractivity contribution in [3.63, 3.8) is 0 Å². The number of hydrogen-bond donors (Lipinski definition) is 2. The summed E-state index contributed by atoms with van der Waals surface area (Å²) in [5, 5.41) is 22.7. The number of alkyl halides is 3. The quantitative estimate of drug-likeness (QED) is 0.326. The van der Waals surface area contributed by atoms with Crippen LogP contribution in [-0.2, 0) is 14.9 Å². The second-order valence-electron chi connectivity index (χ2n) is 10.9. The van der Waals surface area contributed by atoms with Gasteiger partial charge >= 0.3 is 15.6 Å². The first-order chi connectivity index (χ1) is 17.7. The summed E-state index contributed by atoms with van der Waals surface area (Å²) in [5.41, 5.74) is -4.00. The molecule has 2 N–H and O–H groups in total. The summed E-state index contributed by atoms with van der Waals surface area (Å²) >= 11 is 0. The Morgan fingerprint density at radius 2 is 1.82 bits per heavy atom. The molecule has 6 atom stereocenters. The van der Waals surface area contributed by atoms with Gasteiger partial charge in [0.05, 0.1) is 6.10 Å². The Balaban J connectivity index is 1.61. The van der Waals surface area contributed by atoms with Gasteiger partial charge in [0.25, 0.3) is 0 Å². The Hall–Kier alpha value is -2.61. The van der Waals surface area contributed by atoms with Gasteiger partial charge in [-0.2, -0.15) is 21.6 Å². The van der Waals surface area contributed by atoms with Gasteiger partial charge in [0.15, 0.2) is 11.4 Å². The second-order valence-corrected chi connectivity index (χ2v) is 12.5. The van der Waals surface area contributed by atoms with E-state index in [1.54, 1.807) is 25.1 Å². The van der Waals surface area contributed by atoms with Gasteiger partial charge in [0.1, 0.15) is 5.75 Å². The molecule has 2 fully saturated rings. The van der Waals surface area contributed by atoms with Crippen molar-refractivity contribution >= 4 is 15.9 Å². The molecule has 0 amide bonds. The van der Waals surface area contributed by atoms with Crippen LogP contribution in [0.15, 0.2) is 47.1 Å². The Bertz CT molecular complexity index is 1400. The van der Waals surface area contributed by atoms with E-state index < -0.39 is 38.5 Å². The highest BCUT2D eigenvalue weighted by Crippen LogP contribution is 2.66. The fraction of sp³-hybridized carbons (Fsp3) is 0.536. The van der Waals surface area contributed by atoms with Crippen LogP contribution >= 0.6 is 0 Å². The SMILES string of the molecule is CC#C[C@@]1(O)[C@H](O)C[C@H]2[C@@H]3CCC4=CC(=O)CCC4=C3[C@@H](c3ccc(OS(=O)(=O)C(F)(F)F)cc3)C[C@@]21C. The van der Waals surface area contributed by atoms with Gasteiger partial charge in [0.2, 0.25) is 0 Å². The van der Waals surface area contributed by atoms with Crippen LogP contribution in [0, 0.1) is 29.1 Å². The smallest absolute Gasteiger partial charge is 0.389 e. The van der Waals surface area contributed by atoms with Crippen molar-refractivity contribution in [2.45, 2.75) is 75.5 Å². The molecule has 0 unspecified atom stereocenters. The summed E-state index contributed by atoms with van der Waals surface area (Å²) in [5.74, 6) is 4.95. The number of benzene rings is 1. The van der Waals surface area contributed by atoms with Crippen molar-refractivity contribution in [3.05, 3.63) is 52.6 Å². The standard InChI is InChI=1S/C28H29F3O6S/c1-3-12-27(34)24(33)14-23-21-10-6-17-13-18(32)7-11-20(17)25(21)22(15-26(23,27)2)16-4-8-19(9-5-16)37-38(35,36)28(29,30)31/h4-5,8-9,13,21-24,33-34H,6-7,10-11,14-15H2,1-2H3/t21-,22+,23-,24+,26-,27+/m0/s1. The van der Waals surface area contributed by atoms with Crippen molar-refractivity contribution < 1.29 is 40.8 Å². The lowest BCUT2D eigenvalue weighted by Crippen LogP contribution is -2.54. The molecule has 0 radical (unpaired) electrons. The Morgan fingerprint density at radius 3 is 2.45 bits per heavy atom. The van der Waals surface area contributed by atoms with Crippen LogP contribution in [0.3, 0.4) is 0 Å². The number of aliphatic hydroxyl groups excluding tert-OH is 1. The maximum absolute atomic E-state index is 12.8. The molecule has 0 saturated heterocycles. The van der Waals surface area contributed by atoms with Crippen LogP contribution in [0.2, 0.25) is 0 Å². The van der Waals surface area contributed by atoms with Gasteiger partial charge in [-0.25, -0.2) is 0 Å². The first-order valence-electron chi connectivity index (χ1n) is 12.6. The summed E-state index contributed by atoms with van der Waals surface area (Å²) in [6.07, 6.45) is 3.89. The van der Waals surface area contributed by atoms with Gasteiger partial charge in [-0.15, -0.1) is 5.92 Å². The van der Waals surface area contributed by atoms with E-state index in [2.05, 4.69) is 16.0 Å². The molecule has 204 valence electrons. The third-order valence-corrected chi connectivity index (χ3v) is 10.0. The number of aliphatic hydroxyl groups is 2. The third kappa shape index (κ3) is 4.02. The van der Waals surface area contributed by atoms with E-state index in [0.29, 0.717) is 32.1 Å². The highest BCUT2D eigenvalue weighted by Gasteiger charge is 2.66. The van der Waals surface area contributed by atoms with Crippen LogP contribution in [0.4, 0.5) is 13.2 Å². The van der Waals surface area contributed by atoms with Crippen molar-refractivity contribution in [2.24, 2.45) is 17.3 Å². The number of carbonyl (C=O) groups excluding carboxylic acids is 1. The Morgan fingerprint density at radius 1 is 1.13 bits per heavy atom. The molecule has 1 aromatic rings. The van der Waals surface area contributed by atoms with Gasteiger partial charge < -0.3 is 14.4 Å². The second kappa shape index (κ2) is 8.97. The van der Waals surface area contributed by atoms with Crippen LogP contribution in [0.25, 0.3) is 0 Å². The van der Waals surface area contributed by atoms with E-state index in [9.17, 15) is 36.6 Å². The van der Waals surface area contributed by atoms with Gasteiger partial charge in [0, 0.05) is 17.8 Å². The summed E-state index contributed by atoms with van der Waals surface area (Å²) in [4.78, 5) is 12.2. The summed E-state index contributed by atoms with van der Waals surface area (Å²) < 4.78 is 65.6. The first-order valence-corrected chi connectivity index (χ1v) is 14.0. The van der Waals surface area contributed by atoms with Crippen molar-refractivity contribution in [3.8, 4) is 17.6 Å². The average molecular weight is 551 g/mol. The zero-order valence-electron chi connectivity index (χ0n) is 21.0. The molecule has 5 rings (SSSR count). The maximum Gasteiger partial charge on any atom is 0.534 e. The van der Waals surface area contributed by atoms with Crippen molar-refractivity contribution in [1.82, 2.24) is 0 Å². The average Bonchev–Trinajstić information content (AvgIpc) is 3.03. The molecular weight excluding hydrogens is 521 g/mol. The highest BCUT2D eigenvalue weighted by atomic mass is 32.2. The Labute approximate surface area is 219 Å². The molecule has 2 saturated carbocycles. The number of carbonyl (C=O) groups is 1. The monoisotopic (exact) mass is 550 g/mol. The minimum Gasteiger partial charge on any atom is -0.389 e. The fourth-order valence-corrected chi connectivity index (χ4v) is 7.78. The molecule has 0 aliphatic heterocycles. The minimum absolute atomic E-state index is 0.0166. The molecule has 10 heteroatoms. The van der Waals surface area contributed by atoms with Gasteiger partial charge in [-0.05, 0) is 85.8 Å². The number of allylic oxidation sites excluding steroid dienone is 4. The summed E-state index contributed by atoms with van der Waals surface area (Å²) in [6, 6.07) is 5.47. The molecule has 0 bridgehead atoms. The number of rotatable bonds is 3. The molecule has 0 heterocycles. The fourth-order valence-electron chi connectivity index (χ4n) is 7.32. The highest BCUT2D eigenvalue weighted by molar-refractivity contribution is 7.88. The Kier molecular flexibility index (Phi) is 6.37. The third-order valence-electron chi connectivity index (χ3n) is 9.04. The van der Waals surface area contributed by atoms with E-state index in [1.165, 1.54) is 12.1 Å². The lowest BCUT2D eigenvalue weighted by Gasteiger charge is -2.53. The topological polar surface area (TPSA) is 101 Å². The largest absolute Gasteiger partial charge is 0.534 e. The van der Waals surface area contributed by atoms with Gasteiger partial charge in [-0.1, -0.05) is 30.6 Å². The predicted octanol–water partition coefficient (Wildman–Crippen LogP) is 4.54. The zero-order valence-corrected chi connectivity index (χ0v) is 21.8. The lowest BCUT2D eigenvalue weighted by atomic mass is 9.51. The number of halogens is 3. The first kappa shape index (κ1) is 27.0.